The molecule has 0 aliphatic carbocycles. The predicted octanol–water partition coefficient (Wildman–Crippen LogP) is 0.898. The Morgan fingerprint density at radius 2 is 1.96 bits per heavy atom. The average Bonchev–Trinajstić information content (AvgIpc) is 2.50. The van der Waals surface area contributed by atoms with Gasteiger partial charge in [0.05, 0.1) is 4.92 Å². The monoisotopic (exact) mass is 338 g/mol. The molecule has 23 heavy (non-hydrogen) atoms. The Balaban J connectivity index is 2.41. The normalized spacial score (nSPS) is 10.4. The number of hydrogen-bond acceptors (Lipinski definition) is 5. The summed E-state index contributed by atoms with van der Waals surface area (Å²) in [7, 11) is 2.64. The van der Waals surface area contributed by atoms with Gasteiger partial charge in [0, 0.05) is 32.0 Å². The van der Waals surface area contributed by atoms with Gasteiger partial charge in [-0.05, 0) is 12.1 Å². The zero-order valence-electron chi connectivity index (χ0n) is 12.1. The molecule has 0 saturated carbocycles. The summed E-state index contributed by atoms with van der Waals surface area (Å²) < 4.78 is 1.87. The topological polar surface area (TPSA) is 116 Å². The van der Waals surface area contributed by atoms with Crippen LogP contribution in [0.5, 0.6) is 0 Å². The number of rotatable bonds is 3. The highest BCUT2D eigenvalue weighted by molar-refractivity contribution is 6.32. The largest absolute Gasteiger partial charge is 0.330 e. The van der Waals surface area contributed by atoms with Gasteiger partial charge in [-0.25, -0.2) is 4.79 Å². The number of amides is 1. The van der Waals surface area contributed by atoms with Crippen LogP contribution in [0.1, 0.15) is 10.4 Å². The molecular weight excluding hydrogens is 328 g/mol. The van der Waals surface area contributed by atoms with E-state index in [0.717, 1.165) is 21.4 Å². The second kappa shape index (κ2) is 6.05. The molecule has 0 bridgehead atoms. The fourth-order valence-electron chi connectivity index (χ4n) is 1.89. The molecule has 2 aromatic rings. The standard InChI is InChI=1S/C13H11ClN4O5/c1-16-6-8(12(20)17(2)13(16)21)11(19)15-7-3-4-9(14)10(5-7)18(22)23/h3-6H,1-2H3,(H,15,19). The van der Waals surface area contributed by atoms with Gasteiger partial charge in [-0.1, -0.05) is 11.6 Å². The first-order valence-electron chi connectivity index (χ1n) is 6.24. The molecule has 1 heterocycles. The molecule has 1 aromatic heterocycles. The van der Waals surface area contributed by atoms with Crippen molar-refractivity contribution in [2.75, 3.05) is 5.32 Å². The molecule has 0 aliphatic rings. The minimum atomic E-state index is -0.794. The maximum Gasteiger partial charge on any atom is 0.330 e. The number of aryl methyl sites for hydroxylation is 1. The van der Waals surface area contributed by atoms with Crippen LogP contribution in [-0.4, -0.2) is 20.0 Å². The van der Waals surface area contributed by atoms with Crippen molar-refractivity contribution >= 4 is 28.9 Å². The first-order valence-corrected chi connectivity index (χ1v) is 6.62. The number of nitro benzene ring substituents is 1. The van der Waals surface area contributed by atoms with Gasteiger partial charge in [0.1, 0.15) is 10.6 Å². The second-order valence-electron chi connectivity index (χ2n) is 4.68. The highest BCUT2D eigenvalue weighted by Crippen LogP contribution is 2.27. The maximum absolute atomic E-state index is 12.2. The Morgan fingerprint density at radius 1 is 1.30 bits per heavy atom. The first kappa shape index (κ1) is 16.4. The van der Waals surface area contributed by atoms with E-state index in [9.17, 15) is 24.5 Å². The van der Waals surface area contributed by atoms with Gasteiger partial charge >= 0.3 is 5.69 Å². The number of nitro groups is 1. The molecule has 0 saturated heterocycles. The minimum absolute atomic E-state index is 0.0778. The maximum atomic E-state index is 12.2. The summed E-state index contributed by atoms with van der Waals surface area (Å²) in [6.07, 6.45) is 1.10. The molecule has 1 N–H and O–H groups in total. The molecule has 0 aliphatic heterocycles. The van der Waals surface area contributed by atoms with Crippen molar-refractivity contribution in [3.63, 3.8) is 0 Å². The Morgan fingerprint density at radius 3 is 2.57 bits per heavy atom. The second-order valence-corrected chi connectivity index (χ2v) is 5.09. The molecule has 1 aromatic carbocycles. The lowest BCUT2D eigenvalue weighted by molar-refractivity contribution is -0.384. The Bertz CT molecular complexity index is 931. The van der Waals surface area contributed by atoms with Crippen LogP contribution in [0, 0.1) is 10.1 Å². The van der Waals surface area contributed by atoms with Crippen LogP contribution in [0.3, 0.4) is 0 Å². The number of carbonyl (C=O) groups excluding carboxylic acids is 1. The quantitative estimate of drug-likeness (QED) is 0.659. The highest BCUT2D eigenvalue weighted by Gasteiger charge is 2.17. The molecule has 0 radical (unpaired) electrons. The number of aromatic nitrogens is 2. The number of anilines is 1. The van der Waals surface area contributed by atoms with E-state index in [1.165, 1.54) is 26.2 Å². The molecule has 1 amide bonds. The van der Waals surface area contributed by atoms with Crippen LogP contribution in [0.15, 0.2) is 34.0 Å². The van der Waals surface area contributed by atoms with E-state index in [4.69, 9.17) is 11.6 Å². The van der Waals surface area contributed by atoms with E-state index < -0.39 is 22.1 Å². The van der Waals surface area contributed by atoms with E-state index in [1.807, 2.05) is 0 Å². The molecular formula is C13H11ClN4O5. The number of hydrogen-bond donors (Lipinski definition) is 1. The average molecular weight is 339 g/mol. The van der Waals surface area contributed by atoms with E-state index >= 15 is 0 Å². The Labute approximate surface area is 133 Å². The summed E-state index contributed by atoms with van der Waals surface area (Å²) in [4.78, 5) is 45.9. The SMILES string of the molecule is Cn1cc(C(=O)Nc2ccc(Cl)c([N+](=O)[O-])c2)c(=O)n(C)c1=O. The van der Waals surface area contributed by atoms with Crippen molar-refractivity contribution in [2.24, 2.45) is 14.1 Å². The van der Waals surface area contributed by atoms with Crippen LogP contribution in [0.2, 0.25) is 5.02 Å². The summed E-state index contributed by atoms with van der Waals surface area (Å²) in [5.41, 5.74) is -1.89. The van der Waals surface area contributed by atoms with Gasteiger partial charge in [0.2, 0.25) is 0 Å². The summed E-state index contributed by atoms with van der Waals surface area (Å²) in [5.74, 6) is -0.794. The highest BCUT2D eigenvalue weighted by atomic mass is 35.5. The van der Waals surface area contributed by atoms with Gasteiger partial charge in [-0.2, -0.15) is 0 Å². The molecule has 0 fully saturated rings. The molecule has 0 unspecified atom stereocenters. The van der Waals surface area contributed by atoms with Crippen LogP contribution in [0.4, 0.5) is 11.4 Å². The van der Waals surface area contributed by atoms with Crippen molar-refractivity contribution in [1.29, 1.82) is 0 Å². The fraction of sp³-hybridized carbons (Fsp3) is 0.154. The van der Waals surface area contributed by atoms with E-state index in [2.05, 4.69) is 5.32 Å². The lowest BCUT2D eigenvalue weighted by Crippen LogP contribution is -2.40. The summed E-state index contributed by atoms with van der Waals surface area (Å²) >= 11 is 5.68. The number of carbonyl (C=O) groups is 1. The van der Waals surface area contributed by atoms with Crippen LogP contribution in [-0.2, 0) is 14.1 Å². The van der Waals surface area contributed by atoms with Crippen LogP contribution < -0.4 is 16.6 Å². The molecule has 120 valence electrons. The van der Waals surface area contributed by atoms with Crippen molar-refractivity contribution < 1.29 is 9.72 Å². The van der Waals surface area contributed by atoms with Crippen molar-refractivity contribution in [3.8, 4) is 0 Å². The predicted molar refractivity (Wildman–Crippen MR) is 83.0 cm³/mol. The lowest BCUT2D eigenvalue weighted by atomic mass is 10.2. The molecule has 10 heteroatoms. The fourth-order valence-corrected chi connectivity index (χ4v) is 2.08. The molecule has 0 atom stereocenters. The van der Waals surface area contributed by atoms with Crippen LogP contribution >= 0.6 is 11.6 Å². The van der Waals surface area contributed by atoms with Crippen molar-refractivity contribution in [3.05, 3.63) is 65.9 Å². The van der Waals surface area contributed by atoms with Gasteiger partial charge < -0.3 is 9.88 Å². The summed E-state index contributed by atoms with van der Waals surface area (Å²) in [6.45, 7) is 0. The van der Waals surface area contributed by atoms with E-state index in [-0.39, 0.29) is 22.0 Å². The molecule has 9 nitrogen and oxygen atoms in total. The van der Waals surface area contributed by atoms with Gasteiger partial charge in [-0.3, -0.25) is 24.3 Å². The Hall–Kier alpha value is -2.94. The molecule has 0 spiro atoms. The number of halogens is 1. The number of benzene rings is 1. The van der Waals surface area contributed by atoms with Gasteiger partial charge in [-0.15, -0.1) is 0 Å². The van der Waals surface area contributed by atoms with Gasteiger partial charge in [0.25, 0.3) is 17.2 Å². The number of nitrogens with zero attached hydrogens (tertiary/aromatic N) is 3. The van der Waals surface area contributed by atoms with Gasteiger partial charge in [0.15, 0.2) is 0 Å². The zero-order chi connectivity index (χ0) is 17.3. The van der Waals surface area contributed by atoms with Crippen molar-refractivity contribution in [1.82, 2.24) is 9.13 Å². The first-order chi connectivity index (χ1) is 10.7. The third kappa shape index (κ3) is 3.14. The summed E-state index contributed by atoms with van der Waals surface area (Å²) in [5, 5.41) is 13.1. The molecule has 2 rings (SSSR count). The van der Waals surface area contributed by atoms with E-state index in [1.54, 1.807) is 0 Å². The third-order valence-electron chi connectivity index (χ3n) is 3.09. The lowest BCUT2D eigenvalue weighted by Gasteiger charge is -2.08. The number of nitrogens with one attached hydrogen (secondary N) is 1. The smallest absolute Gasteiger partial charge is 0.322 e. The summed E-state index contributed by atoms with van der Waals surface area (Å²) in [6, 6.07) is 3.69. The van der Waals surface area contributed by atoms with E-state index in [0.29, 0.717) is 0 Å². The third-order valence-corrected chi connectivity index (χ3v) is 3.41. The Kier molecular flexibility index (Phi) is 4.32. The minimum Gasteiger partial charge on any atom is -0.322 e. The van der Waals surface area contributed by atoms with Crippen molar-refractivity contribution in [2.45, 2.75) is 0 Å². The zero-order valence-corrected chi connectivity index (χ0v) is 12.8. The van der Waals surface area contributed by atoms with Crippen LogP contribution in [0.25, 0.3) is 0 Å².